The number of carbonyl (C=O) groups is 2. The Morgan fingerprint density at radius 1 is 1.24 bits per heavy atom. The standard InChI is InChI=1S/C16H14N2O3/c1-10-8-11-4-2-3-5-14(11)18(10)15(19)12-6-7-13(16(20)21)17-9-12/h2-7,9-10H,8H2,1H3,(H,20,21). The maximum atomic E-state index is 12.6. The third-order valence-electron chi connectivity index (χ3n) is 3.66. The SMILES string of the molecule is CC1Cc2ccccc2N1C(=O)c1ccc(C(=O)O)nc1. The third-order valence-corrected chi connectivity index (χ3v) is 3.66. The lowest BCUT2D eigenvalue weighted by atomic mass is 10.1. The molecular weight excluding hydrogens is 268 g/mol. The number of amides is 1. The molecule has 3 rings (SSSR count). The molecule has 0 saturated carbocycles. The first kappa shape index (κ1) is 13.3. The molecule has 0 radical (unpaired) electrons. The van der Waals surface area contributed by atoms with E-state index in [2.05, 4.69) is 4.98 Å². The molecule has 1 unspecified atom stereocenters. The number of rotatable bonds is 2. The first-order valence-corrected chi connectivity index (χ1v) is 6.68. The molecule has 2 heterocycles. The van der Waals surface area contributed by atoms with Crippen LogP contribution in [0.2, 0.25) is 0 Å². The molecule has 1 N–H and O–H groups in total. The number of fused-ring (bicyclic) bond motifs is 1. The van der Waals surface area contributed by atoms with Crippen LogP contribution in [-0.2, 0) is 6.42 Å². The maximum absolute atomic E-state index is 12.6. The van der Waals surface area contributed by atoms with E-state index in [1.807, 2.05) is 31.2 Å². The number of aromatic carboxylic acids is 1. The van der Waals surface area contributed by atoms with Crippen molar-refractivity contribution in [1.82, 2.24) is 4.98 Å². The molecule has 1 aromatic carbocycles. The van der Waals surface area contributed by atoms with Crippen LogP contribution in [0.15, 0.2) is 42.6 Å². The monoisotopic (exact) mass is 282 g/mol. The van der Waals surface area contributed by atoms with Crippen LogP contribution in [0.3, 0.4) is 0 Å². The minimum atomic E-state index is -1.10. The summed E-state index contributed by atoms with van der Waals surface area (Å²) in [5.74, 6) is -1.26. The lowest BCUT2D eigenvalue weighted by Crippen LogP contribution is -2.35. The molecular formula is C16H14N2O3. The first-order valence-electron chi connectivity index (χ1n) is 6.68. The number of hydrogen-bond acceptors (Lipinski definition) is 3. The van der Waals surface area contributed by atoms with E-state index in [1.54, 1.807) is 4.90 Å². The Balaban J connectivity index is 1.93. The van der Waals surface area contributed by atoms with Crippen LogP contribution in [0, 0.1) is 0 Å². The Kier molecular flexibility index (Phi) is 3.17. The topological polar surface area (TPSA) is 70.5 Å². The van der Waals surface area contributed by atoms with Gasteiger partial charge in [0.15, 0.2) is 0 Å². The van der Waals surface area contributed by atoms with Gasteiger partial charge in [0.2, 0.25) is 0 Å². The number of aromatic nitrogens is 1. The lowest BCUT2D eigenvalue weighted by molar-refractivity contribution is 0.0689. The summed E-state index contributed by atoms with van der Waals surface area (Å²) in [6.07, 6.45) is 2.14. The van der Waals surface area contributed by atoms with Gasteiger partial charge in [-0.1, -0.05) is 18.2 Å². The minimum absolute atomic E-state index is 0.0681. The van der Waals surface area contributed by atoms with Gasteiger partial charge >= 0.3 is 5.97 Å². The van der Waals surface area contributed by atoms with Gasteiger partial charge < -0.3 is 10.0 Å². The van der Waals surface area contributed by atoms with E-state index in [1.165, 1.54) is 18.3 Å². The summed E-state index contributed by atoms with van der Waals surface area (Å²) in [6, 6.07) is 10.7. The van der Waals surface area contributed by atoms with Gasteiger partial charge in [-0.2, -0.15) is 0 Å². The van der Waals surface area contributed by atoms with E-state index in [4.69, 9.17) is 5.11 Å². The van der Waals surface area contributed by atoms with Gasteiger partial charge in [0.1, 0.15) is 5.69 Å². The zero-order valence-corrected chi connectivity index (χ0v) is 11.5. The zero-order valence-electron chi connectivity index (χ0n) is 11.5. The van der Waals surface area contributed by atoms with E-state index in [9.17, 15) is 9.59 Å². The van der Waals surface area contributed by atoms with E-state index < -0.39 is 5.97 Å². The number of carboxylic acid groups (broad SMARTS) is 1. The second-order valence-electron chi connectivity index (χ2n) is 5.09. The fourth-order valence-corrected chi connectivity index (χ4v) is 2.66. The van der Waals surface area contributed by atoms with Gasteiger partial charge in [-0.3, -0.25) is 4.79 Å². The number of carbonyl (C=O) groups excluding carboxylic acids is 1. The maximum Gasteiger partial charge on any atom is 0.354 e. The normalized spacial score (nSPS) is 16.6. The van der Waals surface area contributed by atoms with Gasteiger partial charge in [0, 0.05) is 17.9 Å². The molecule has 0 spiro atoms. The van der Waals surface area contributed by atoms with Crippen LogP contribution in [0.5, 0.6) is 0 Å². The number of para-hydroxylation sites is 1. The average Bonchev–Trinajstić information content (AvgIpc) is 2.82. The quantitative estimate of drug-likeness (QED) is 0.918. The third kappa shape index (κ3) is 2.27. The molecule has 2 aromatic rings. The summed E-state index contributed by atoms with van der Waals surface area (Å²) in [6.45, 7) is 2.00. The van der Waals surface area contributed by atoms with Crippen LogP contribution in [0.1, 0.15) is 33.3 Å². The highest BCUT2D eigenvalue weighted by Crippen LogP contribution is 2.32. The summed E-state index contributed by atoms with van der Waals surface area (Å²) in [4.78, 5) is 29.0. The van der Waals surface area contributed by atoms with Crippen molar-refractivity contribution in [3.63, 3.8) is 0 Å². The van der Waals surface area contributed by atoms with Gasteiger partial charge in [-0.25, -0.2) is 9.78 Å². The van der Waals surface area contributed by atoms with Crippen molar-refractivity contribution in [2.24, 2.45) is 0 Å². The lowest BCUT2D eigenvalue weighted by Gasteiger charge is -2.22. The highest BCUT2D eigenvalue weighted by atomic mass is 16.4. The number of benzene rings is 1. The summed E-state index contributed by atoms with van der Waals surface area (Å²) >= 11 is 0. The van der Waals surface area contributed by atoms with Crippen LogP contribution in [0.25, 0.3) is 0 Å². The zero-order chi connectivity index (χ0) is 15.0. The molecule has 0 bridgehead atoms. The van der Waals surface area contributed by atoms with Crippen LogP contribution < -0.4 is 4.90 Å². The van der Waals surface area contributed by atoms with Crippen molar-refractivity contribution in [2.45, 2.75) is 19.4 Å². The van der Waals surface area contributed by atoms with Gasteiger partial charge in [0.25, 0.3) is 5.91 Å². The average molecular weight is 282 g/mol. The van der Waals surface area contributed by atoms with Crippen molar-refractivity contribution in [3.8, 4) is 0 Å². The van der Waals surface area contributed by atoms with Crippen molar-refractivity contribution in [2.75, 3.05) is 4.90 Å². The highest BCUT2D eigenvalue weighted by Gasteiger charge is 2.31. The van der Waals surface area contributed by atoms with E-state index in [0.29, 0.717) is 5.56 Å². The van der Waals surface area contributed by atoms with E-state index in [-0.39, 0.29) is 17.6 Å². The number of hydrogen-bond donors (Lipinski definition) is 1. The predicted octanol–water partition coefficient (Wildman–Crippen LogP) is 2.37. The van der Waals surface area contributed by atoms with Gasteiger partial charge in [-0.05, 0) is 37.1 Å². The van der Waals surface area contributed by atoms with Crippen molar-refractivity contribution in [3.05, 3.63) is 59.4 Å². The fourth-order valence-electron chi connectivity index (χ4n) is 2.66. The summed E-state index contributed by atoms with van der Waals surface area (Å²) in [5, 5.41) is 8.84. The molecule has 1 aliphatic heterocycles. The Hall–Kier alpha value is -2.69. The van der Waals surface area contributed by atoms with Crippen molar-refractivity contribution in [1.29, 1.82) is 0 Å². The van der Waals surface area contributed by atoms with Crippen LogP contribution >= 0.6 is 0 Å². The van der Waals surface area contributed by atoms with Crippen molar-refractivity contribution < 1.29 is 14.7 Å². The number of carboxylic acids is 1. The molecule has 1 atom stereocenters. The van der Waals surface area contributed by atoms with Gasteiger partial charge in [-0.15, -0.1) is 0 Å². The molecule has 0 fully saturated rings. The molecule has 1 aliphatic rings. The first-order chi connectivity index (χ1) is 10.1. The van der Waals surface area contributed by atoms with E-state index >= 15 is 0 Å². The second kappa shape index (κ2) is 5.01. The van der Waals surface area contributed by atoms with Crippen LogP contribution in [0.4, 0.5) is 5.69 Å². The Bertz CT molecular complexity index is 710. The number of pyridine rings is 1. The van der Waals surface area contributed by atoms with E-state index in [0.717, 1.165) is 17.7 Å². The molecule has 1 amide bonds. The molecule has 1 aromatic heterocycles. The molecule has 5 nitrogen and oxygen atoms in total. The minimum Gasteiger partial charge on any atom is -0.477 e. The molecule has 0 saturated heterocycles. The number of nitrogens with zero attached hydrogens (tertiary/aromatic N) is 2. The Morgan fingerprint density at radius 3 is 2.67 bits per heavy atom. The molecule has 21 heavy (non-hydrogen) atoms. The highest BCUT2D eigenvalue weighted by molar-refractivity contribution is 6.07. The Labute approximate surface area is 121 Å². The molecule has 106 valence electrons. The van der Waals surface area contributed by atoms with Crippen molar-refractivity contribution >= 4 is 17.6 Å². The summed E-state index contributed by atoms with van der Waals surface area (Å²) in [5.41, 5.74) is 2.38. The smallest absolute Gasteiger partial charge is 0.354 e. The largest absolute Gasteiger partial charge is 0.477 e. The Morgan fingerprint density at radius 2 is 2.00 bits per heavy atom. The number of anilines is 1. The second-order valence-corrected chi connectivity index (χ2v) is 5.09. The fraction of sp³-hybridized carbons (Fsp3) is 0.188. The molecule has 0 aliphatic carbocycles. The molecule has 5 heteroatoms. The predicted molar refractivity (Wildman–Crippen MR) is 77.6 cm³/mol. The van der Waals surface area contributed by atoms with Crippen LogP contribution in [-0.4, -0.2) is 28.0 Å². The summed E-state index contributed by atoms with van der Waals surface area (Å²) < 4.78 is 0. The summed E-state index contributed by atoms with van der Waals surface area (Å²) in [7, 11) is 0. The van der Waals surface area contributed by atoms with Gasteiger partial charge in [0.05, 0.1) is 5.56 Å².